The van der Waals surface area contributed by atoms with E-state index in [1.54, 1.807) is 18.2 Å². The van der Waals surface area contributed by atoms with E-state index >= 15 is 0 Å². The summed E-state index contributed by atoms with van der Waals surface area (Å²) >= 11 is 1.51. The van der Waals surface area contributed by atoms with E-state index in [4.69, 9.17) is 0 Å². The third-order valence-corrected chi connectivity index (χ3v) is 3.27. The van der Waals surface area contributed by atoms with Crippen LogP contribution in [0.4, 0.5) is 4.39 Å². The predicted molar refractivity (Wildman–Crippen MR) is 59.5 cm³/mol. The Kier molecular flexibility index (Phi) is 2.84. The molecule has 0 aliphatic rings. The summed E-state index contributed by atoms with van der Waals surface area (Å²) in [4.78, 5) is 0. The molecule has 1 unspecified atom stereocenters. The average Bonchev–Trinajstić information content (AvgIpc) is 2.64. The first-order chi connectivity index (χ1) is 7.20. The molecule has 1 N–H and O–H groups in total. The maximum Gasteiger partial charge on any atom is 0.129 e. The molecule has 1 heterocycles. The summed E-state index contributed by atoms with van der Waals surface area (Å²) in [6.07, 6.45) is -0.863. The highest BCUT2D eigenvalue weighted by Crippen LogP contribution is 2.28. The Labute approximate surface area is 91.8 Å². The summed E-state index contributed by atoms with van der Waals surface area (Å²) in [5.74, 6) is -0.365. The number of benzene rings is 1. The van der Waals surface area contributed by atoms with E-state index in [9.17, 15) is 9.50 Å². The van der Waals surface area contributed by atoms with E-state index in [0.717, 1.165) is 11.1 Å². The van der Waals surface area contributed by atoms with Crippen LogP contribution < -0.4 is 0 Å². The Bertz CT molecular complexity index is 464. The van der Waals surface area contributed by atoms with E-state index in [0.29, 0.717) is 5.56 Å². The minimum absolute atomic E-state index is 0.332. The van der Waals surface area contributed by atoms with Crippen LogP contribution in [0.3, 0.4) is 0 Å². The van der Waals surface area contributed by atoms with Crippen molar-refractivity contribution >= 4 is 11.3 Å². The van der Waals surface area contributed by atoms with Gasteiger partial charge in [-0.2, -0.15) is 11.3 Å². The second-order valence-corrected chi connectivity index (χ2v) is 4.18. The molecule has 2 aromatic rings. The first-order valence-electron chi connectivity index (χ1n) is 4.65. The molecule has 0 saturated carbocycles. The highest BCUT2D eigenvalue weighted by Gasteiger charge is 2.16. The lowest BCUT2D eigenvalue weighted by Gasteiger charge is -2.11. The molecule has 1 aromatic carbocycles. The number of aliphatic hydroxyl groups is 1. The van der Waals surface area contributed by atoms with Crippen LogP contribution in [0.25, 0.3) is 0 Å². The smallest absolute Gasteiger partial charge is 0.129 e. The largest absolute Gasteiger partial charge is 0.384 e. The standard InChI is InChI=1S/C12H11FOS/c1-8-6-15-7-10(8)12(14)9-4-2-3-5-11(9)13/h2-7,12,14H,1H3. The van der Waals surface area contributed by atoms with Gasteiger partial charge in [-0.05, 0) is 34.9 Å². The van der Waals surface area contributed by atoms with Gasteiger partial charge >= 0.3 is 0 Å². The fraction of sp³-hybridized carbons (Fsp3) is 0.167. The monoisotopic (exact) mass is 222 g/mol. The molecule has 1 aromatic heterocycles. The SMILES string of the molecule is Cc1cscc1C(O)c1ccccc1F. The molecule has 1 nitrogen and oxygen atoms in total. The maximum absolute atomic E-state index is 13.4. The molecule has 0 bridgehead atoms. The second kappa shape index (κ2) is 4.13. The third kappa shape index (κ3) is 1.94. The minimum Gasteiger partial charge on any atom is -0.384 e. The van der Waals surface area contributed by atoms with Crippen LogP contribution in [0, 0.1) is 12.7 Å². The van der Waals surface area contributed by atoms with Gasteiger partial charge in [0.15, 0.2) is 0 Å². The van der Waals surface area contributed by atoms with Crippen LogP contribution in [0.1, 0.15) is 22.8 Å². The van der Waals surface area contributed by atoms with Crippen molar-refractivity contribution in [1.29, 1.82) is 0 Å². The van der Waals surface area contributed by atoms with Crippen molar-refractivity contribution in [3.05, 3.63) is 57.5 Å². The normalized spacial score (nSPS) is 12.7. The first-order valence-corrected chi connectivity index (χ1v) is 5.59. The van der Waals surface area contributed by atoms with Crippen LogP contribution in [0.2, 0.25) is 0 Å². The molecular formula is C12H11FOS. The lowest BCUT2D eigenvalue weighted by molar-refractivity contribution is 0.215. The van der Waals surface area contributed by atoms with Crippen molar-refractivity contribution in [2.45, 2.75) is 13.0 Å². The second-order valence-electron chi connectivity index (χ2n) is 3.43. The highest BCUT2D eigenvalue weighted by molar-refractivity contribution is 7.08. The van der Waals surface area contributed by atoms with Gasteiger partial charge < -0.3 is 5.11 Å². The Morgan fingerprint density at radius 2 is 1.93 bits per heavy atom. The molecule has 3 heteroatoms. The zero-order valence-corrected chi connectivity index (χ0v) is 9.09. The third-order valence-electron chi connectivity index (χ3n) is 2.39. The topological polar surface area (TPSA) is 20.2 Å². The van der Waals surface area contributed by atoms with Crippen LogP contribution in [-0.2, 0) is 0 Å². The molecule has 0 amide bonds. The summed E-state index contributed by atoms with van der Waals surface area (Å²) in [7, 11) is 0. The van der Waals surface area contributed by atoms with Gasteiger partial charge in [0.1, 0.15) is 11.9 Å². The zero-order valence-electron chi connectivity index (χ0n) is 8.27. The fourth-order valence-electron chi connectivity index (χ4n) is 1.51. The van der Waals surface area contributed by atoms with Crippen molar-refractivity contribution in [3.8, 4) is 0 Å². The van der Waals surface area contributed by atoms with Gasteiger partial charge in [-0.15, -0.1) is 0 Å². The van der Waals surface area contributed by atoms with Gasteiger partial charge in [0.2, 0.25) is 0 Å². The van der Waals surface area contributed by atoms with Gasteiger partial charge in [-0.3, -0.25) is 0 Å². The molecule has 0 radical (unpaired) electrons. The van der Waals surface area contributed by atoms with Crippen LogP contribution in [-0.4, -0.2) is 5.11 Å². The van der Waals surface area contributed by atoms with Crippen molar-refractivity contribution in [2.24, 2.45) is 0 Å². The van der Waals surface area contributed by atoms with Crippen molar-refractivity contribution in [2.75, 3.05) is 0 Å². The van der Waals surface area contributed by atoms with Crippen LogP contribution >= 0.6 is 11.3 Å². The predicted octanol–water partition coefficient (Wildman–Crippen LogP) is 3.28. The number of thiophene rings is 1. The van der Waals surface area contributed by atoms with Crippen LogP contribution in [0.5, 0.6) is 0 Å². The quantitative estimate of drug-likeness (QED) is 0.826. The molecular weight excluding hydrogens is 211 g/mol. The average molecular weight is 222 g/mol. The molecule has 1 atom stereocenters. The molecule has 2 rings (SSSR count). The van der Waals surface area contributed by atoms with E-state index < -0.39 is 6.10 Å². The number of hydrogen-bond acceptors (Lipinski definition) is 2. The number of halogens is 1. The van der Waals surface area contributed by atoms with Gasteiger partial charge in [-0.25, -0.2) is 4.39 Å². The Balaban J connectivity index is 2.41. The lowest BCUT2D eigenvalue weighted by Crippen LogP contribution is -2.02. The van der Waals surface area contributed by atoms with Gasteiger partial charge in [0.25, 0.3) is 0 Å². The van der Waals surface area contributed by atoms with Crippen molar-refractivity contribution < 1.29 is 9.50 Å². The zero-order chi connectivity index (χ0) is 10.8. The summed E-state index contributed by atoms with van der Waals surface area (Å²) < 4.78 is 13.4. The minimum atomic E-state index is -0.863. The van der Waals surface area contributed by atoms with Gasteiger partial charge in [-0.1, -0.05) is 18.2 Å². The van der Waals surface area contributed by atoms with Gasteiger partial charge in [0, 0.05) is 5.56 Å². The maximum atomic E-state index is 13.4. The summed E-state index contributed by atoms with van der Waals surface area (Å²) in [6.45, 7) is 1.91. The number of aliphatic hydroxyl groups excluding tert-OH is 1. The lowest BCUT2D eigenvalue weighted by atomic mass is 10.0. The number of hydrogen-bond donors (Lipinski definition) is 1. The molecule has 0 aliphatic heterocycles. The Morgan fingerprint density at radius 1 is 1.20 bits per heavy atom. The molecule has 78 valence electrons. The fourth-order valence-corrected chi connectivity index (χ4v) is 2.38. The number of aryl methyl sites for hydroxylation is 1. The van der Waals surface area contributed by atoms with E-state index in [1.807, 2.05) is 17.7 Å². The summed E-state index contributed by atoms with van der Waals surface area (Å²) in [5.41, 5.74) is 2.11. The molecule has 0 spiro atoms. The first kappa shape index (κ1) is 10.3. The van der Waals surface area contributed by atoms with E-state index in [1.165, 1.54) is 17.4 Å². The van der Waals surface area contributed by atoms with Crippen LogP contribution in [0.15, 0.2) is 35.0 Å². The van der Waals surface area contributed by atoms with E-state index in [2.05, 4.69) is 0 Å². The van der Waals surface area contributed by atoms with Gasteiger partial charge in [0.05, 0.1) is 0 Å². The number of rotatable bonds is 2. The Hall–Kier alpha value is -1.19. The molecule has 0 aliphatic carbocycles. The highest BCUT2D eigenvalue weighted by atomic mass is 32.1. The molecule has 15 heavy (non-hydrogen) atoms. The summed E-state index contributed by atoms with van der Waals surface area (Å²) in [5, 5.41) is 13.8. The van der Waals surface area contributed by atoms with Crippen molar-refractivity contribution in [1.82, 2.24) is 0 Å². The summed E-state index contributed by atoms with van der Waals surface area (Å²) in [6, 6.07) is 6.31. The van der Waals surface area contributed by atoms with Crippen molar-refractivity contribution in [3.63, 3.8) is 0 Å². The van der Waals surface area contributed by atoms with E-state index in [-0.39, 0.29) is 5.82 Å². The molecule has 0 fully saturated rings. The Morgan fingerprint density at radius 3 is 2.53 bits per heavy atom. The molecule has 0 saturated heterocycles.